The summed E-state index contributed by atoms with van der Waals surface area (Å²) in [5, 5.41) is 3.47. The van der Waals surface area contributed by atoms with Crippen molar-refractivity contribution in [1.82, 2.24) is 5.32 Å². The molecule has 14 heavy (non-hydrogen) atoms. The Morgan fingerprint density at radius 2 is 2.14 bits per heavy atom. The number of ether oxygens (including phenoxy) is 1. The van der Waals surface area contributed by atoms with Crippen molar-refractivity contribution in [3.05, 3.63) is 11.1 Å². The largest absolute Gasteiger partial charge is 0.378 e. The molecule has 0 aromatic carbocycles. The summed E-state index contributed by atoms with van der Waals surface area (Å²) in [7, 11) is 1.79. The quantitative estimate of drug-likeness (QED) is 0.841. The van der Waals surface area contributed by atoms with Crippen LogP contribution in [0.4, 0.5) is 0 Å². The molecule has 1 fully saturated rings. The fourth-order valence-electron chi connectivity index (χ4n) is 2.05. The molecule has 0 aromatic heterocycles. The highest BCUT2D eigenvalue weighted by Crippen LogP contribution is 2.51. The van der Waals surface area contributed by atoms with Crippen LogP contribution in [0.25, 0.3) is 0 Å². The van der Waals surface area contributed by atoms with Crippen molar-refractivity contribution in [3.8, 4) is 0 Å². The molecule has 1 aliphatic carbocycles. The van der Waals surface area contributed by atoms with E-state index in [1.165, 1.54) is 0 Å². The van der Waals surface area contributed by atoms with Crippen molar-refractivity contribution in [2.45, 2.75) is 38.8 Å². The van der Waals surface area contributed by atoms with Crippen LogP contribution in [0.3, 0.4) is 0 Å². The van der Waals surface area contributed by atoms with E-state index in [1.54, 1.807) is 7.11 Å². The maximum atomic E-state index is 5.55. The summed E-state index contributed by atoms with van der Waals surface area (Å²) in [6.07, 6.45) is 1.07. The Bertz CT molecular complexity index is 239. The standard InChI is InChI=1S/C11H20BrNO/c1-8(12)7-13-9-6-11(4,14-5)10(9,2)3/h9,13H,1,6-7H2,2-5H3. The lowest BCUT2D eigenvalue weighted by Gasteiger charge is -2.59. The molecule has 0 radical (unpaired) electrons. The highest BCUT2D eigenvalue weighted by molar-refractivity contribution is 9.11. The molecule has 0 spiro atoms. The van der Waals surface area contributed by atoms with E-state index in [0.29, 0.717) is 6.04 Å². The van der Waals surface area contributed by atoms with Crippen molar-refractivity contribution in [1.29, 1.82) is 0 Å². The number of hydrogen-bond donors (Lipinski definition) is 1. The van der Waals surface area contributed by atoms with E-state index in [1.807, 2.05) is 0 Å². The molecule has 0 saturated heterocycles. The molecule has 2 atom stereocenters. The molecule has 0 heterocycles. The van der Waals surface area contributed by atoms with Crippen molar-refractivity contribution in [2.75, 3.05) is 13.7 Å². The van der Waals surface area contributed by atoms with Crippen molar-refractivity contribution in [3.63, 3.8) is 0 Å². The number of rotatable bonds is 4. The highest BCUT2D eigenvalue weighted by Gasteiger charge is 2.57. The average molecular weight is 262 g/mol. The second-order valence-corrected chi connectivity index (χ2v) is 5.93. The van der Waals surface area contributed by atoms with Crippen molar-refractivity contribution >= 4 is 15.9 Å². The van der Waals surface area contributed by atoms with Gasteiger partial charge in [0.1, 0.15) is 0 Å². The second kappa shape index (κ2) is 3.95. The molecule has 2 nitrogen and oxygen atoms in total. The van der Waals surface area contributed by atoms with Gasteiger partial charge in [-0.1, -0.05) is 36.4 Å². The number of methoxy groups -OCH3 is 1. The third kappa shape index (κ3) is 1.90. The first-order valence-electron chi connectivity index (χ1n) is 4.95. The van der Waals surface area contributed by atoms with Gasteiger partial charge < -0.3 is 10.1 Å². The maximum absolute atomic E-state index is 5.55. The Kier molecular flexibility index (Phi) is 3.45. The molecule has 0 amide bonds. The first-order valence-corrected chi connectivity index (χ1v) is 5.74. The van der Waals surface area contributed by atoms with Gasteiger partial charge in [0, 0.05) is 29.6 Å². The number of hydrogen-bond acceptors (Lipinski definition) is 2. The topological polar surface area (TPSA) is 21.3 Å². The maximum Gasteiger partial charge on any atom is 0.0731 e. The zero-order valence-corrected chi connectivity index (χ0v) is 11.1. The summed E-state index contributed by atoms with van der Waals surface area (Å²) in [4.78, 5) is 0. The predicted molar refractivity (Wildman–Crippen MR) is 63.7 cm³/mol. The zero-order valence-electron chi connectivity index (χ0n) is 9.48. The minimum absolute atomic E-state index is 0.0122. The van der Waals surface area contributed by atoms with E-state index in [2.05, 4.69) is 48.6 Å². The molecule has 82 valence electrons. The molecule has 1 aliphatic rings. The summed E-state index contributed by atoms with van der Waals surface area (Å²) < 4.78 is 6.55. The first-order chi connectivity index (χ1) is 6.33. The van der Waals surface area contributed by atoms with Crippen molar-refractivity contribution in [2.24, 2.45) is 5.41 Å². The Balaban J connectivity index is 2.50. The van der Waals surface area contributed by atoms with Crippen LogP contribution < -0.4 is 5.32 Å². The first kappa shape index (κ1) is 12.2. The lowest BCUT2D eigenvalue weighted by molar-refractivity contribution is -0.179. The molecule has 0 aromatic rings. The van der Waals surface area contributed by atoms with Crippen LogP contribution in [0, 0.1) is 5.41 Å². The van der Waals surface area contributed by atoms with Gasteiger partial charge in [-0.25, -0.2) is 0 Å². The molecule has 1 rings (SSSR count). The molecule has 2 unspecified atom stereocenters. The Labute approximate surface area is 95.2 Å². The predicted octanol–water partition coefficient (Wildman–Crippen LogP) is 2.69. The average Bonchev–Trinajstić information content (AvgIpc) is 2.11. The van der Waals surface area contributed by atoms with E-state index in [9.17, 15) is 0 Å². The van der Waals surface area contributed by atoms with Gasteiger partial charge in [-0.3, -0.25) is 0 Å². The molecule has 0 bridgehead atoms. The highest BCUT2D eigenvalue weighted by atomic mass is 79.9. The molecule has 1 N–H and O–H groups in total. The minimum atomic E-state index is 0.0122. The monoisotopic (exact) mass is 261 g/mol. The van der Waals surface area contributed by atoms with Gasteiger partial charge >= 0.3 is 0 Å². The Morgan fingerprint density at radius 3 is 2.50 bits per heavy atom. The van der Waals surface area contributed by atoms with Gasteiger partial charge in [0.2, 0.25) is 0 Å². The van der Waals surface area contributed by atoms with Crippen LogP contribution in [0.5, 0.6) is 0 Å². The number of halogens is 1. The van der Waals surface area contributed by atoms with Crippen LogP contribution in [0.2, 0.25) is 0 Å². The normalized spacial score (nSPS) is 35.1. The summed E-state index contributed by atoms with van der Waals surface area (Å²) >= 11 is 3.35. The van der Waals surface area contributed by atoms with E-state index >= 15 is 0 Å². The Morgan fingerprint density at radius 1 is 1.57 bits per heavy atom. The lowest BCUT2D eigenvalue weighted by Crippen LogP contribution is -2.67. The molecule has 1 saturated carbocycles. The molecular weight excluding hydrogens is 242 g/mol. The van der Waals surface area contributed by atoms with Crippen LogP contribution in [0.1, 0.15) is 27.2 Å². The smallest absolute Gasteiger partial charge is 0.0731 e. The van der Waals surface area contributed by atoms with Crippen LogP contribution in [0.15, 0.2) is 11.1 Å². The molecule has 3 heteroatoms. The number of nitrogens with one attached hydrogen (secondary N) is 1. The summed E-state index contributed by atoms with van der Waals surface area (Å²) in [6, 6.07) is 0.516. The van der Waals surface area contributed by atoms with Crippen LogP contribution in [-0.2, 0) is 4.74 Å². The van der Waals surface area contributed by atoms with Crippen molar-refractivity contribution < 1.29 is 4.74 Å². The zero-order chi connectivity index (χ0) is 11.0. The second-order valence-electron chi connectivity index (χ2n) is 4.81. The minimum Gasteiger partial charge on any atom is -0.378 e. The van der Waals surface area contributed by atoms with E-state index < -0.39 is 0 Å². The van der Waals surface area contributed by atoms with Crippen LogP contribution in [-0.4, -0.2) is 25.3 Å². The van der Waals surface area contributed by atoms with E-state index in [-0.39, 0.29) is 11.0 Å². The van der Waals surface area contributed by atoms with E-state index in [0.717, 1.165) is 17.4 Å². The van der Waals surface area contributed by atoms with Gasteiger partial charge in [-0.15, -0.1) is 0 Å². The summed E-state index contributed by atoms with van der Waals surface area (Å²) in [5.74, 6) is 0. The third-order valence-electron chi connectivity index (χ3n) is 3.82. The fraction of sp³-hybridized carbons (Fsp3) is 0.818. The summed E-state index contributed by atoms with van der Waals surface area (Å²) in [5.41, 5.74) is 0.197. The van der Waals surface area contributed by atoms with Gasteiger partial charge in [-0.05, 0) is 13.3 Å². The van der Waals surface area contributed by atoms with Gasteiger partial charge in [0.05, 0.1) is 5.60 Å². The molecular formula is C11H20BrNO. The van der Waals surface area contributed by atoms with Gasteiger partial charge in [-0.2, -0.15) is 0 Å². The van der Waals surface area contributed by atoms with Crippen LogP contribution >= 0.6 is 15.9 Å². The SMILES string of the molecule is C=C(Br)CNC1CC(C)(OC)C1(C)C. The van der Waals surface area contributed by atoms with E-state index in [4.69, 9.17) is 4.74 Å². The molecule has 0 aliphatic heterocycles. The van der Waals surface area contributed by atoms with Gasteiger partial charge in [0.15, 0.2) is 0 Å². The Hall–Kier alpha value is 0.140. The lowest BCUT2D eigenvalue weighted by atomic mass is 9.56. The summed E-state index contributed by atoms with van der Waals surface area (Å²) in [6.45, 7) is 11.3. The fourth-order valence-corrected chi connectivity index (χ4v) is 2.21. The van der Waals surface area contributed by atoms with Gasteiger partial charge in [0.25, 0.3) is 0 Å². The third-order valence-corrected chi connectivity index (χ3v) is 4.10.